The number of carbonyl (C=O) groups is 3. The van der Waals surface area contributed by atoms with Crippen molar-refractivity contribution in [2.24, 2.45) is 0 Å². The van der Waals surface area contributed by atoms with Crippen molar-refractivity contribution in [2.75, 3.05) is 0 Å². The molecule has 1 rings (SSSR count). The van der Waals surface area contributed by atoms with E-state index in [1.807, 2.05) is 5.32 Å². The number of rotatable bonds is 4. The number of hydrogen-bond acceptors (Lipinski definition) is 4. The lowest BCUT2D eigenvalue weighted by molar-refractivity contribution is -0.143. The Bertz CT molecular complexity index is 389. The van der Waals surface area contributed by atoms with E-state index in [1.54, 1.807) is 17.5 Å². The molecule has 0 aliphatic carbocycles. The third-order valence-corrected chi connectivity index (χ3v) is 2.64. The largest absolute Gasteiger partial charge is 0.479 e. The fraction of sp³-hybridized carbons (Fsp3) is 0.125. The van der Waals surface area contributed by atoms with Crippen LogP contribution in [0.15, 0.2) is 17.5 Å². The number of amides is 1. The van der Waals surface area contributed by atoms with Crippen LogP contribution in [0.3, 0.4) is 0 Å². The molecule has 1 amide bonds. The summed E-state index contributed by atoms with van der Waals surface area (Å²) in [5.41, 5.74) is 0. The Labute approximate surface area is 93.7 Å². The van der Waals surface area contributed by atoms with Crippen molar-refractivity contribution < 1.29 is 19.5 Å². The molecule has 0 radical (unpaired) electrons. The van der Waals surface area contributed by atoms with Gasteiger partial charge in [0, 0.05) is 4.88 Å². The Kier molecular flexibility index (Phi) is 3.81. The van der Waals surface area contributed by atoms with Gasteiger partial charge in [-0.05, 0) is 23.0 Å². The number of thiophene rings is 1. The highest BCUT2D eigenvalue weighted by Crippen LogP contribution is 2.19. The van der Waals surface area contributed by atoms with Gasteiger partial charge < -0.3 is 10.4 Å². The van der Waals surface area contributed by atoms with Gasteiger partial charge in [-0.15, -0.1) is 11.3 Å². The lowest BCUT2D eigenvalue weighted by Crippen LogP contribution is -2.36. The maximum absolute atomic E-state index is 10.9. The Morgan fingerprint density at radius 3 is 2.53 bits per heavy atom. The monoisotopic (exact) mass is 247 g/mol. The number of halogens is 1. The Hall–Kier alpha value is -1.40. The van der Waals surface area contributed by atoms with Crippen LogP contribution in [0.25, 0.3) is 0 Å². The van der Waals surface area contributed by atoms with Gasteiger partial charge in [-0.2, -0.15) is 0 Å². The van der Waals surface area contributed by atoms with Crippen LogP contribution < -0.4 is 5.32 Å². The van der Waals surface area contributed by atoms with E-state index in [0.29, 0.717) is 4.88 Å². The highest BCUT2D eigenvalue weighted by Gasteiger charge is 2.25. The zero-order valence-electron chi connectivity index (χ0n) is 7.27. The first-order valence-corrected chi connectivity index (χ1v) is 5.04. The zero-order chi connectivity index (χ0) is 11.4. The van der Waals surface area contributed by atoms with Gasteiger partial charge in [0.05, 0.1) is 0 Å². The van der Waals surface area contributed by atoms with Crippen molar-refractivity contribution in [3.05, 3.63) is 22.4 Å². The molecule has 0 saturated carbocycles. The number of carbonyl (C=O) groups excluding carboxylic acids is 2. The summed E-state index contributed by atoms with van der Waals surface area (Å²) < 4.78 is 0. The van der Waals surface area contributed by atoms with E-state index in [1.165, 1.54) is 0 Å². The van der Waals surface area contributed by atoms with Gasteiger partial charge in [0.25, 0.3) is 0 Å². The van der Waals surface area contributed by atoms with Crippen LogP contribution in [0.1, 0.15) is 10.9 Å². The minimum Gasteiger partial charge on any atom is -0.479 e. The topological polar surface area (TPSA) is 83.5 Å². The maximum atomic E-state index is 10.9. The fourth-order valence-corrected chi connectivity index (χ4v) is 1.72. The molecule has 0 aliphatic rings. The molecule has 1 atom stereocenters. The summed E-state index contributed by atoms with van der Waals surface area (Å²) in [5.74, 6) is -2.37. The molecule has 0 fully saturated rings. The van der Waals surface area contributed by atoms with Crippen LogP contribution in [0.2, 0.25) is 0 Å². The molecule has 0 saturated heterocycles. The number of carboxylic acid groups (broad SMARTS) is 1. The van der Waals surface area contributed by atoms with Crippen LogP contribution in [-0.2, 0) is 14.4 Å². The number of hydrogen-bond donors (Lipinski definition) is 2. The molecule has 15 heavy (non-hydrogen) atoms. The standard InChI is InChI=1S/C8H6ClNO4S/c9-6(11)7(12)10-5(8(13)14)4-2-1-3-15-4/h1-3,5H,(H,10,12)(H,13,14). The van der Waals surface area contributed by atoms with Crippen molar-refractivity contribution in [1.82, 2.24) is 5.32 Å². The molecule has 0 bridgehead atoms. The highest BCUT2D eigenvalue weighted by molar-refractivity contribution is 7.10. The van der Waals surface area contributed by atoms with Gasteiger partial charge in [-0.25, -0.2) is 4.79 Å². The highest BCUT2D eigenvalue weighted by atomic mass is 35.5. The molecular formula is C8H6ClNO4S. The minimum atomic E-state index is -1.25. The van der Waals surface area contributed by atoms with Crippen LogP contribution in [0, 0.1) is 0 Å². The third-order valence-electron chi connectivity index (χ3n) is 1.53. The molecule has 2 N–H and O–H groups in total. The van der Waals surface area contributed by atoms with Gasteiger partial charge in [-0.3, -0.25) is 9.59 Å². The molecule has 7 heteroatoms. The smallest absolute Gasteiger partial charge is 0.331 e. The average molecular weight is 248 g/mol. The summed E-state index contributed by atoms with van der Waals surface area (Å²) in [6.07, 6.45) is 0. The van der Waals surface area contributed by atoms with Gasteiger partial charge >= 0.3 is 17.1 Å². The molecule has 1 heterocycles. The van der Waals surface area contributed by atoms with Crippen LogP contribution in [0.5, 0.6) is 0 Å². The fourth-order valence-electron chi connectivity index (χ4n) is 0.898. The number of aliphatic carboxylic acids is 1. The average Bonchev–Trinajstić information content (AvgIpc) is 2.65. The van der Waals surface area contributed by atoms with Crippen molar-refractivity contribution >= 4 is 40.1 Å². The minimum absolute atomic E-state index is 0.425. The van der Waals surface area contributed by atoms with Crippen molar-refractivity contribution in [1.29, 1.82) is 0 Å². The van der Waals surface area contributed by atoms with Crippen LogP contribution in [0.4, 0.5) is 0 Å². The van der Waals surface area contributed by atoms with E-state index in [2.05, 4.69) is 0 Å². The zero-order valence-corrected chi connectivity index (χ0v) is 8.84. The second kappa shape index (κ2) is 4.90. The summed E-state index contributed by atoms with van der Waals surface area (Å²) in [5, 5.41) is 11.3. The van der Waals surface area contributed by atoms with Crippen molar-refractivity contribution in [3.63, 3.8) is 0 Å². The van der Waals surface area contributed by atoms with Gasteiger partial charge in [0.2, 0.25) is 0 Å². The SMILES string of the molecule is O=C(Cl)C(=O)NC(C(=O)O)c1cccs1. The molecule has 0 spiro atoms. The maximum Gasteiger partial charge on any atom is 0.331 e. The normalized spacial score (nSPS) is 11.8. The molecule has 0 aromatic carbocycles. The summed E-state index contributed by atoms with van der Waals surface area (Å²) in [7, 11) is 0. The lowest BCUT2D eigenvalue weighted by atomic mass is 10.2. The predicted octanol–water partition coefficient (Wildman–Crippen LogP) is 0.755. The van der Waals surface area contributed by atoms with Gasteiger partial charge in [0.1, 0.15) is 0 Å². The van der Waals surface area contributed by atoms with Crippen LogP contribution >= 0.6 is 22.9 Å². The van der Waals surface area contributed by atoms with Crippen molar-refractivity contribution in [3.8, 4) is 0 Å². The quantitative estimate of drug-likeness (QED) is 0.608. The van der Waals surface area contributed by atoms with Crippen LogP contribution in [-0.4, -0.2) is 22.2 Å². The number of nitrogens with one attached hydrogen (secondary N) is 1. The predicted molar refractivity (Wildman–Crippen MR) is 53.7 cm³/mol. The van der Waals surface area contributed by atoms with E-state index in [-0.39, 0.29) is 0 Å². The first-order chi connectivity index (χ1) is 7.02. The molecular weight excluding hydrogens is 242 g/mol. The Morgan fingerprint density at radius 1 is 1.47 bits per heavy atom. The summed E-state index contributed by atoms with van der Waals surface area (Å²) in [4.78, 5) is 32.6. The van der Waals surface area contributed by atoms with E-state index < -0.39 is 23.2 Å². The molecule has 80 valence electrons. The first-order valence-electron chi connectivity index (χ1n) is 3.79. The lowest BCUT2D eigenvalue weighted by Gasteiger charge is -2.10. The molecule has 0 aliphatic heterocycles. The van der Waals surface area contributed by atoms with Gasteiger partial charge in [-0.1, -0.05) is 6.07 Å². The summed E-state index contributed by atoms with van der Waals surface area (Å²) in [6.45, 7) is 0. The number of carboxylic acids is 1. The second-order valence-electron chi connectivity index (χ2n) is 2.53. The first kappa shape index (κ1) is 11.7. The van der Waals surface area contributed by atoms with E-state index in [4.69, 9.17) is 16.7 Å². The van der Waals surface area contributed by atoms with Crippen molar-refractivity contribution in [2.45, 2.75) is 6.04 Å². The summed E-state index contributed by atoms with van der Waals surface area (Å²) >= 11 is 6.06. The molecule has 5 nitrogen and oxygen atoms in total. The molecule has 1 aromatic rings. The van der Waals surface area contributed by atoms with E-state index in [9.17, 15) is 14.4 Å². The second-order valence-corrected chi connectivity index (χ2v) is 3.86. The summed E-state index contributed by atoms with van der Waals surface area (Å²) in [6, 6.07) is 1.95. The molecule has 1 unspecified atom stereocenters. The third kappa shape index (κ3) is 3.03. The molecule has 1 aromatic heterocycles. The van der Waals surface area contributed by atoms with E-state index in [0.717, 1.165) is 11.3 Å². The van der Waals surface area contributed by atoms with E-state index >= 15 is 0 Å². The Morgan fingerprint density at radius 2 is 2.13 bits per heavy atom. The van der Waals surface area contributed by atoms with Gasteiger partial charge in [0.15, 0.2) is 6.04 Å². The Balaban J connectivity index is 2.81.